The number of hydrogen-bond donors (Lipinski definition) is 1. The second kappa shape index (κ2) is 3.38. The molecule has 4 nitrogen and oxygen atoms in total. The molecule has 0 saturated heterocycles. The third-order valence-electron chi connectivity index (χ3n) is 2.47. The molecule has 0 amide bonds. The summed E-state index contributed by atoms with van der Waals surface area (Å²) in [7, 11) is 0. The molecule has 2 aromatic heterocycles. The second-order valence-corrected chi connectivity index (χ2v) is 3.69. The van der Waals surface area contributed by atoms with Gasteiger partial charge in [-0.15, -0.1) is 0 Å². The van der Waals surface area contributed by atoms with Crippen LogP contribution in [0.3, 0.4) is 0 Å². The van der Waals surface area contributed by atoms with Crippen LogP contribution < -0.4 is 5.73 Å². The number of pyridine rings is 1. The number of nitrogens with zero attached hydrogens (tertiary/aromatic N) is 3. The molecule has 2 rings (SSSR count). The van der Waals surface area contributed by atoms with E-state index in [1.54, 1.807) is 10.9 Å². The molecule has 0 unspecified atom stereocenters. The van der Waals surface area contributed by atoms with Crippen LogP contribution in [0.15, 0.2) is 18.3 Å². The van der Waals surface area contributed by atoms with E-state index in [1.165, 1.54) is 0 Å². The molecule has 0 aliphatic carbocycles. The molecule has 0 aliphatic heterocycles. The van der Waals surface area contributed by atoms with Crippen LogP contribution in [0.25, 0.3) is 5.82 Å². The fourth-order valence-electron chi connectivity index (χ4n) is 1.51. The first-order valence-electron chi connectivity index (χ1n) is 4.84. The van der Waals surface area contributed by atoms with Gasteiger partial charge in [0.2, 0.25) is 0 Å². The minimum absolute atomic E-state index is 0.735. The lowest BCUT2D eigenvalue weighted by molar-refractivity contribution is 0.805. The summed E-state index contributed by atoms with van der Waals surface area (Å²) < 4.78 is 1.78. The minimum atomic E-state index is 0.735. The maximum atomic E-state index is 5.87. The lowest BCUT2D eigenvalue weighted by atomic mass is 10.3. The molecule has 78 valence electrons. The zero-order chi connectivity index (χ0) is 11.0. The molecule has 0 atom stereocenters. The predicted molar refractivity (Wildman–Crippen MR) is 60.0 cm³/mol. The lowest BCUT2D eigenvalue weighted by Gasteiger charge is -2.03. The van der Waals surface area contributed by atoms with Crippen molar-refractivity contribution in [1.29, 1.82) is 0 Å². The van der Waals surface area contributed by atoms with Crippen LogP contribution in [-0.2, 0) is 0 Å². The third-order valence-corrected chi connectivity index (χ3v) is 2.47. The number of aromatic nitrogens is 3. The van der Waals surface area contributed by atoms with E-state index >= 15 is 0 Å². The Morgan fingerprint density at radius 1 is 1.27 bits per heavy atom. The van der Waals surface area contributed by atoms with Crippen LogP contribution in [-0.4, -0.2) is 14.8 Å². The van der Waals surface area contributed by atoms with Crippen molar-refractivity contribution in [3.8, 4) is 5.82 Å². The van der Waals surface area contributed by atoms with Crippen molar-refractivity contribution in [2.24, 2.45) is 0 Å². The molecule has 2 aromatic rings. The summed E-state index contributed by atoms with van der Waals surface area (Å²) in [5.41, 5.74) is 9.54. The first-order chi connectivity index (χ1) is 7.09. The number of aryl methyl sites for hydroxylation is 2. The van der Waals surface area contributed by atoms with E-state index in [9.17, 15) is 0 Å². The normalized spacial score (nSPS) is 10.6. The Labute approximate surface area is 88.8 Å². The van der Waals surface area contributed by atoms with Crippen LogP contribution in [0.4, 0.5) is 5.69 Å². The van der Waals surface area contributed by atoms with Gasteiger partial charge >= 0.3 is 0 Å². The van der Waals surface area contributed by atoms with Gasteiger partial charge in [-0.2, -0.15) is 5.10 Å². The number of nitrogens with two attached hydrogens (primary N) is 1. The molecule has 0 spiro atoms. The standard InChI is InChI=1S/C11H14N4/c1-7-4-5-13-10(6-7)15-9(3)11(12)8(2)14-15/h4-6H,12H2,1-3H3. The zero-order valence-electron chi connectivity index (χ0n) is 9.15. The molecule has 0 radical (unpaired) electrons. The van der Waals surface area contributed by atoms with Gasteiger partial charge in [0.05, 0.1) is 17.1 Å². The summed E-state index contributed by atoms with van der Waals surface area (Å²) in [5, 5.41) is 4.35. The fraction of sp³-hybridized carbons (Fsp3) is 0.273. The van der Waals surface area contributed by atoms with Crippen LogP contribution in [0.1, 0.15) is 17.0 Å². The number of nitrogen functional groups attached to an aromatic ring is 1. The topological polar surface area (TPSA) is 56.7 Å². The van der Waals surface area contributed by atoms with Gasteiger partial charge in [-0.1, -0.05) is 0 Å². The number of rotatable bonds is 1. The smallest absolute Gasteiger partial charge is 0.153 e. The molecular formula is C11H14N4. The maximum Gasteiger partial charge on any atom is 0.153 e. The Morgan fingerprint density at radius 3 is 2.53 bits per heavy atom. The maximum absolute atomic E-state index is 5.87. The Bertz CT molecular complexity index is 499. The lowest BCUT2D eigenvalue weighted by Crippen LogP contribution is -2.02. The molecule has 15 heavy (non-hydrogen) atoms. The van der Waals surface area contributed by atoms with E-state index < -0.39 is 0 Å². The van der Waals surface area contributed by atoms with Crippen molar-refractivity contribution in [2.45, 2.75) is 20.8 Å². The van der Waals surface area contributed by atoms with Gasteiger partial charge < -0.3 is 5.73 Å². The van der Waals surface area contributed by atoms with Crippen LogP contribution in [0, 0.1) is 20.8 Å². The Hall–Kier alpha value is -1.84. The van der Waals surface area contributed by atoms with Crippen LogP contribution >= 0.6 is 0 Å². The molecule has 4 heteroatoms. The zero-order valence-corrected chi connectivity index (χ0v) is 9.15. The van der Waals surface area contributed by atoms with Gasteiger partial charge in [0.25, 0.3) is 0 Å². The van der Waals surface area contributed by atoms with Crippen molar-refractivity contribution in [2.75, 3.05) is 5.73 Å². The van der Waals surface area contributed by atoms with Gasteiger partial charge in [-0.05, 0) is 38.5 Å². The quantitative estimate of drug-likeness (QED) is 0.766. The highest BCUT2D eigenvalue weighted by molar-refractivity contribution is 5.49. The highest BCUT2D eigenvalue weighted by Crippen LogP contribution is 2.18. The van der Waals surface area contributed by atoms with Crippen molar-refractivity contribution in [1.82, 2.24) is 14.8 Å². The largest absolute Gasteiger partial charge is 0.396 e. The van der Waals surface area contributed by atoms with Gasteiger partial charge in [-0.25, -0.2) is 9.67 Å². The minimum Gasteiger partial charge on any atom is -0.396 e. The van der Waals surface area contributed by atoms with E-state index in [0.29, 0.717) is 0 Å². The molecule has 0 aliphatic rings. The highest BCUT2D eigenvalue weighted by Gasteiger charge is 2.10. The van der Waals surface area contributed by atoms with E-state index in [4.69, 9.17) is 5.73 Å². The third kappa shape index (κ3) is 1.58. The highest BCUT2D eigenvalue weighted by atomic mass is 15.3. The van der Waals surface area contributed by atoms with Gasteiger partial charge in [0.15, 0.2) is 5.82 Å². The number of anilines is 1. The first-order valence-corrected chi connectivity index (χ1v) is 4.84. The number of hydrogen-bond acceptors (Lipinski definition) is 3. The fourth-order valence-corrected chi connectivity index (χ4v) is 1.51. The summed E-state index contributed by atoms with van der Waals surface area (Å²) in [6.45, 7) is 5.87. The first kappa shape index (κ1) is 9.71. The summed E-state index contributed by atoms with van der Waals surface area (Å²) in [5.74, 6) is 0.812. The summed E-state index contributed by atoms with van der Waals surface area (Å²) >= 11 is 0. The second-order valence-electron chi connectivity index (χ2n) is 3.69. The van der Waals surface area contributed by atoms with E-state index in [1.807, 2.05) is 32.9 Å². The molecule has 0 bridgehead atoms. The van der Waals surface area contributed by atoms with Crippen molar-refractivity contribution >= 4 is 5.69 Å². The average Bonchev–Trinajstić information content (AvgIpc) is 2.46. The Kier molecular flexibility index (Phi) is 2.19. The van der Waals surface area contributed by atoms with Crippen LogP contribution in [0.2, 0.25) is 0 Å². The monoisotopic (exact) mass is 202 g/mol. The molecule has 0 saturated carbocycles. The van der Waals surface area contributed by atoms with E-state index in [2.05, 4.69) is 10.1 Å². The van der Waals surface area contributed by atoms with Crippen molar-refractivity contribution < 1.29 is 0 Å². The van der Waals surface area contributed by atoms with Crippen LogP contribution in [0.5, 0.6) is 0 Å². The molecule has 2 N–H and O–H groups in total. The van der Waals surface area contributed by atoms with Crippen molar-refractivity contribution in [3.05, 3.63) is 35.3 Å². The van der Waals surface area contributed by atoms with Crippen molar-refractivity contribution in [3.63, 3.8) is 0 Å². The predicted octanol–water partition coefficient (Wildman–Crippen LogP) is 1.77. The molecule has 0 fully saturated rings. The van der Waals surface area contributed by atoms with E-state index in [-0.39, 0.29) is 0 Å². The van der Waals surface area contributed by atoms with E-state index in [0.717, 1.165) is 28.5 Å². The molecular weight excluding hydrogens is 188 g/mol. The Balaban J connectivity index is 2.59. The van der Waals surface area contributed by atoms with Gasteiger partial charge in [0, 0.05) is 6.20 Å². The summed E-state index contributed by atoms with van der Waals surface area (Å²) in [4.78, 5) is 4.27. The Morgan fingerprint density at radius 2 is 2.00 bits per heavy atom. The summed E-state index contributed by atoms with van der Waals surface area (Å²) in [6.07, 6.45) is 1.78. The molecule has 0 aromatic carbocycles. The van der Waals surface area contributed by atoms with Gasteiger partial charge in [-0.3, -0.25) is 0 Å². The van der Waals surface area contributed by atoms with Gasteiger partial charge in [0.1, 0.15) is 0 Å². The summed E-state index contributed by atoms with van der Waals surface area (Å²) in [6, 6.07) is 3.94. The molecule has 2 heterocycles. The SMILES string of the molecule is Cc1ccnc(-n2nc(C)c(N)c2C)c1. The average molecular weight is 202 g/mol.